The predicted octanol–water partition coefficient (Wildman–Crippen LogP) is 5.44. The van der Waals surface area contributed by atoms with E-state index in [2.05, 4.69) is 26.1 Å². The molecule has 35 heavy (non-hydrogen) atoms. The van der Waals surface area contributed by atoms with Gasteiger partial charge in [0, 0.05) is 42.0 Å². The Hall–Kier alpha value is -3.13. The predicted molar refractivity (Wildman–Crippen MR) is 133 cm³/mol. The van der Waals surface area contributed by atoms with Crippen LogP contribution in [0.3, 0.4) is 0 Å². The summed E-state index contributed by atoms with van der Waals surface area (Å²) in [4.78, 5) is 38.5. The number of hydrogen-bond donors (Lipinski definition) is 1. The lowest BCUT2D eigenvalue weighted by Gasteiger charge is -2.39. The van der Waals surface area contributed by atoms with Gasteiger partial charge in [0.2, 0.25) is 0 Å². The number of hydrogen-bond acceptors (Lipinski definition) is 6. The minimum absolute atomic E-state index is 0.00712. The Kier molecular flexibility index (Phi) is 6.77. The summed E-state index contributed by atoms with van der Waals surface area (Å²) in [6.07, 6.45) is 2.93. The van der Waals surface area contributed by atoms with Crippen molar-refractivity contribution in [2.24, 2.45) is 10.8 Å². The van der Waals surface area contributed by atoms with Gasteiger partial charge in [0.1, 0.15) is 0 Å². The van der Waals surface area contributed by atoms with Gasteiger partial charge in [-0.05, 0) is 47.8 Å². The maximum atomic E-state index is 13.0. The summed E-state index contributed by atoms with van der Waals surface area (Å²) < 4.78 is 5.37. The number of nitro benzene ring substituents is 1. The van der Waals surface area contributed by atoms with E-state index < -0.39 is 17.5 Å². The van der Waals surface area contributed by atoms with Gasteiger partial charge in [-0.1, -0.05) is 50.6 Å². The Labute approximate surface area is 209 Å². The monoisotopic (exact) mass is 499 g/mol. The molecule has 0 spiro atoms. The molecule has 2 fully saturated rings. The molecule has 1 saturated heterocycles. The molecule has 1 N–H and O–H groups in total. The maximum absolute atomic E-state index is 13.0. The molecule has 2 aliphatic rings. The van der Waals surface area contributed by atoms with Crippen LogP contribution in [-0.2, 0) is 16.1 Å². The van der Waals surface area contributed by atoms with Crippen LogP contribution >= 0.6 is 11.6 Å². The zero-order chi connectivity index (χ0) is 25.4. The first kappa shape index (κ1) is 25.0. The van der Waals surface area contributed by atoms with Crippen molar-refractivity contribution in [2.75, 3.05) is 18.5 Å². The van der Waals surface area contributed by atoms with E-state index in [1.807, 2.05) is 23.1 Å². The molecule has 0 unspecified atom stereocenters. The first-order valence-corrected chi connectivity index (χ1v) is 12.1. The van der Waals surface area contributed by atoms with Crippen LogP contribution in [-0.4, -0.2) is 40.9 Å². The Morgan fingerprint density at radius 2 is 1.94 bits per heavy atom. The van der Waals surface area contributed by atoms with Crippen molar-refractivity contribution in [3.63, 3.8) is 0 Å². The van der Waals surface area contributed by atoms with E-state index in [9.17, 15) is 19.7 Å². The fraction of sp³-hybridized carbons (Fsp3) is 0.462. The number of anilines is 1. The van der Waals surface area contributed by atoms with E-state index in [0.717, 1.165) is 30.9 Å². The minimum Gasteiger partial charge on any atom is -0.452 e. The quantitative estimate of drug-likeness (QED) is 0.309. The van der Waals surface area contributed by atoms with Crippen molar-refractivity contribution in [1.29, 1.82) is 0 Å². The normalized spacial score (nSPS) is 22.5. The zero-order valence-electron chi connectivity index (χ0n) is 20.2. The number of halogens is 1. The van der Waals surface area contributed by atoms with Gasteiger partial charge in [-0.3, -0.25) is 14.9 Å². The highest BCUT2D eigenvalue weighted by molar-refractivity contribution is 6.31. The molecule has 0 radical (unpaired) electrons. The van der Waals surface area contributed by atoms with Crippen LogP contribution in [0.25, 0.3) is 0 Å². The Bertz CT molecular complexity index is 1170. The molecule has 4 rings (SSSR count). The number of benzene rings is 2. The number of carbonyl (C=O) groups excluding carboxylic acids is 2. The Morgan fingerprint density at radius 3 is 2.66 bits per heavy atom. The van der Waals surface area contributed by atoms with Crippen LogP contribution in [0.5, 0.6) is 0 Å². The number of likely N-dealkylation sites (tertiary alicyclic amines) is 1. The van der Waals surface area contributed by atoms with Gasteiger partial charge in [0.25, 0.3) is 11.6 Å². The number of carbonyl (C=O) groups is 2. The molecule has 9 heteroatoms. The van der Waals surface area contributed by atoms with E-state index in [-0.39, 0.29) is 34.0 Å². The molecule has 186 valence electrons. The Morgan fingerprint density at radius 1 is 1.20 bits per heavy atom. The summed E-state index contributed by atoms with van der Waals surface area (Å²) in [5.41, 5.74) is 1.15. The van der Waals surface area contributed by atoms with E-state index in [0.29, 0.717) is 23.8 Å². The topological polar surface area (TPSA) is 102 Å². The molecule has 2 atom stereocenters. The number of nitrogens with one attached hydrogen (secondary N) is 1. The third kappa shape index (κ3) is 5.59. The van der Waals surface area contributed by atoms with Crippen LogP contribution in [0.1, 0.15) is 56.0 Å². The van der Waals surface area contributed by atoms with Crippen molar-refractivity contribution in [3.8, 4) is 0 Å². The number of nitrogens with zero attached hydrogens (tertiary/aromatic N) is 2. The second-order valence-corrected chi connectivity index (χ2v) is 11.2. The summed E-state index contributed by atoms with van der Waals surface area (Å²) in [6, 6.07) is 11.3. The van der Waals surface area contributed by atoms with Crippen LogP contribution in [0.15, 0.2) is 42.5 Å². The zero-order valence-corrected chi connectivity index (χ0v) is 20.9. The van der Waals surface area contributed by atoms with Crippen LogP contribution in [0.4, 0.5) is 11.4 Å². The number of ether oxygens (including phenoxy) is 1. The number of non-ortho nitro benzene ring substituents is 1. The van der Waals surface area contributed by atoms with Crippen molar-refractivity contribution in [2.45, 2.75) is 52.6 Å². The molecule has 1 saturated carbocycles. The molecule has 0 aromatic heterocycles. The smallest absolute Gasteiger partial charge is 0.341 e. The highest BCUT2D eigenvalue weighted by Crippen LogP contribution is 2.52. The molecule has 8 nitrogen and oxygen atoms in total. The van der Waals surface area contributed by atoms with E-state index in [1.165, 1.54) is 12.1 Å². The molecule has 2 bridgehead atoms. The first-order chi connectivity index (χ1) is 16.5. The Balaban J connectivity index is 1.46. The summed E-state index contributed by atoms with van der Waals surface area (Å²) in [6.45, 7) is 7.22. The lowest BCUT2D eigenvalue weighted by atomic mass is 9.65. The number of esters is 1. The largest absolute Gasteiger partial charge is 0.452 e. The molecule has 1 aliphatic heterocycles. The molecule has 1 heterocycles. The van der Waals surface area contributed by atoms with E-state index in [4.69, 9.17) is 16.3 Å². The van der Waals surface area contributed by atoms with Crippen LogP contribution < -0.4 is 5.32 Å². The van der Waals surface area contributed by atoms with E-state index >= 15 is 0 Å². The number of amides is 1. The van der Waals surface area contributed by atoms with Gasteiger partial charge in [-0.25, -0.2) is 4.79 Å². The molecule has 2 aromatic rings. The number of rotatable bonds is 7. The molecular weight excluding hydrogens is 470 g/mol. The fourth-order valence-electron chi connectivity index (χ4n) is 5.84. The summed E-state index contributed by atoms with van der Waals surface area (Å²) in [5.74, 6) is -1.03. The van der Waals surface area contributed by atoms with Gasteiger partial charge in [-0.2, -0.15) is 0 Å². The first-order valence-electron chi connectivity index (χ1n) is 11.7. The molecular formula is C26H30ClN3O5. The van der Waals surface area contributed by atoms with Gasteiger partial charge in [-0.15, -0.1) is 0 Å². The SMILES string of the molecule is CC1(C)C[C@@H]2C[C@](C)(CN2C(=O)COC(=O)c2cc([N+](=O)[O-])ccc2NCc2ccccc2Cl)C1. The highest BCUT2D eigenvalue weighted by atomic mass is 35.5. The number of nitro groups is 1. The van der Waals surface area contributed by atoms with Crippen molar-refractivity contribution in [1.82, 2.24) is 4.90 Å². The minimum atomic E-state index is -0.794. The summed E-state index contributed by atoms with van der Waals surface area (Å²) in [5, 5.41) is 15.0. The maximum Gasteiger partial charge on any atom is 0.341 e. The third-order valence-corrected chi connectivity index (χ3v) is 7.29. The highest BCUT2D eigenvalue weighted by Gasteiger charge is 2.51. The summed E-state index contributed by atoms with van der Waals surface area (Å²) in [7, 11) is 0. The second-order valence-electron chi connectivity index (χ2n) is 10.7. The third-order valence-electron chi connectivity index (χ3n) is 6.92. The lowest BCUT2D eigenvalue weighted by Crippen LogP contribution is -2.39. The number of fused-ring (bicyclic) bond motifs is 2. The van der Waals surface area contributed by atoms with Crippen molar-refractivity contribution in [3.05, 3.63) is 68.7 Å². The average molecular weight is 500 g/mol. The molecule has 1 amide bonds. The standard InChI is InChI=1S/C26H30ClN3O5/c1-25(2)11-19-12-26(3,15-25)16-29(19)23(31)14-35-24(32)20-10-18(30(33)34)8-9-22(20)28-13-17-6-4-5-7-21(17)27/h4-10,19,28H,11-16H2,1-3H3/t19-,26+/m1/s1. The van der Waals surface area contributed by atoms with Crippen LogP contribution in [0, 0.1) is 20.9 Å². The lowest BCUT2D eigenvalue weighted by molar-refractivity contribution is -0.384. The molecule has 2 aromatic carbocycles. The van der Waals surface area contributed by atoms with Crippen LogP contribution in [0.2, 0.25) is 5.02 Å². The van der Waals surface area contributed by atoms with Gasteiger partial charge < -0.3 is 15.0 Å². The van der Waals surface area contributed by atoms with Gasteiger partial charge >= 0.3 is 5.97 Å². The van der Waals surface area contributed by atoms with Crippen molar-refractivity contribution >= 4 is 34.9 Å². The van der Waals surface area contributed by atoms with Gasteiger partial charge in [0.15, 0.2) is 6.61 Å². The van der Waals surface area contributed by atoms with Crippen molar-refractivity contribution < 1.29 is 19.2 Å². The van der Waals surface area contributed by atoms with E-state index in [1.54, 1.807) is 6.07 Å². The second kappa shape index (κ2) is 9.49. The van der Waals surface area contributed by atoms with Gasteiger partial charge in [0.05, 0.1) is 10.5 Å². The average Bonchev–Trinajstić information content (AvgIpc) is 3.05. The summed E-state index contributed by atoms with van der Waals surface area (Å²) >= 11 is 6.21. The molecule has 1 aliphatic carbocycles. The fourth-order valence-corrected chi connectivity index (χ4v) is 6.04.